The lowest BCUT2D eigenvalue weighted by atomic mass is 10.0. The molecule has 0 aliphatic heterocycles. The molecule has 45 heavy (non-hydrogen) atoms. The monoisotopic (exact) mass is 636 g/mol. The summed E-state index contributed by atoms with van der Waals surface area (Å²) < 4.78 is 0. The van der Waals surface area contributed by atoms with Crippen molar-refractivity contribution in [1.82, 2.24) is 5.32 Å². The quantitative estimate of drug-likeness (QED) is 0.0470. The Kier molecular flexibility index (Phi) is 36.9. The molecule has 1 amide bonds. The average Bonchev–Trinajstić information content (AvgIpc) is 3.04. The van der Waals surface area contributed by atoms with Crippen molar-refractivity contribution in [3.8, 4) is 0 Å². The fraction of sp³-hybridized carbons (Fsp3) is 0.927. The standard InChI is InChI=1S/C41H81NO3/c1-3-5-7-9-11-13-15-17-19-20-21-22-23-25-27-29-31-33-35-37-41(45)42-39(38-43)40(44)36-34-32-30-28-26-24-18-16-14-12-10-8-6-4-2/h34,36,39-40,43-44H,3-33,35,37-38H2,1-2H3,(H,42,45)/b36-34+. The van der Waals surface area contributed by atoms with E-state index in [1.165, 1.54) is 180 Å². The number of carbonyl (C=O) groups excluding carboxylic acids is 1. The molecule has 0 aromatic rings. The molecular weight excluding hydrogens is 554 g/mol. The van der Waals surface area contributed by atoms with Gasteiger partial charge in [-0.3, -0.25) is 4.79 Å². The molecule has 0 fully saturated rings. The summed E-state index contributed by atoms with van der Waals surface area (Å²) in [6.45, 7) is 4.32. The van der Waals surface area contributed by atoms with E-state index < -0.39 is 12.1 Å². The fourth-order valence-electron chi connectivity index (χ4n) is 6.35. The highest BCUT2D eigenvalue weighted by Crippen LogP contribution is 2.16. The number of hydrogen-bond donors (Lipinski definition) is 3. The van der Waals surface area contributed by atoms with Crippen LogP contribution in [0, 0.1) is 0 Å². The van der Waals surface area contributed by atoms with Crippen LogP contribution in [0.1, 0.15) is 226 Å². The van der Waals surface area contributed by atoms with Crippen LogP contribution >= 0.6 is 0 Å². The highest BCUT2D eigenvalue weighted by Gasteiger charge is 2.17. The molecule has 0 heterocycles. The van der Waals surface area contributed by atoms with Crippen molar-refractivity contribution in [3.05, 3.63) is 12.2 Å². The maximum Gasteiger partial charge on any atom is 0.220 e. The van der Waals surface area contributed by atoms with Gasteiger partial charge >= 0.3 is 0 Å². The van der Waals surface area contributed by atoms with Crippen LogP contribution < -0.4 is 5.32 Å². The van der Waals surface area contributed by atoms with Crippen LogP contribution in [-0.2, 0) is 4.79 Å². The molecule has 268 valence electrons. The zero-order valence-corrected chi connectivity index (χ0v) is 30.7. The molecule has 2 unspecified atom stereocenters. The number of aliphatic hydroxyl groups excluding tert-OH is 2. The van der Waals surface area contributed by atoms with Gasteiger partial charge in [0.05, 0.1) is 18.8 Å². The van der Waals surface area contributed by atoms with E-state index in [0.717, 1.165) is 25.7 Å². The third-order valence-electron chi connectivity index (χ3n) is 9.52. The second-order valence-corrected chi connectivity index (χ2v) is 14.1. The summed E-state index contributed by atoms with van der Waals surface area (Å²) >= 11 is 0. The van der Waals surface area contributed by atoms with Gasteiger partial charge in [0, 0.05) is 6.42 Å². The minimum atomic E-state index is -0.832. The largest absolute Gasteiger partial charge is 0.394 e. The second kappa shape index (κ2) is 37.6. The van der Waals surface area contributed by atoms with Gasteiger partial charge in [0.15, 0.2) is 0 Å². The summed E-state index contributed by atoms with van der Waals surface area (Å²) in [5.74, 6) is -0.0607. The van der Waals surface area contributed by atoms with Crippen molar-refractivity contribution in [2.75, 3.05) is 6.61 Å². The van der Waals surface area contributed by atoms with Crippen molar-refractivity contribution < 1.29 is 15.0 Å². The predicted octanol–water partition coefficient (Wildman–Crippen LogP) is 12.3. The zero-order chi connectivity index (χ0) is 32.9. The van der Waals surface area contributed by atoms with Gasteiger partial charge in [-0.05, 0) is 19.3 Å². The summed E-state index contributed by atoms with van der Waals surface area (Å²) in [7, 11) is 0. The topological polar surface area (TPSA) is 69.6 Å². The number of amides is 1. The third kappa shape index (κ3) is 34.3. The Morgan fingerprint density at radius 2 is 0.822 bits per heavy atom. The van der Waals surface area contributed by atoms with Crippen LogP contribution in [0.4, 0.5) is 0 Å². The van der Waals surface area contributed by atoms with E-state index in [1.54, 1.807) is 6.08 Å². The minimum Gasteiger partial charge on any atom is -0.394 e. The Balaban J connectivity index is 3.54. The van der Waals surface area contributed by atoms with Gasteiger partial charge in [0.25, 0.3) is 0 Å². The van der Waals surface area contributed by atoms with Gasteiger partial charge in [0.2, 0.25) is 5.91 Å². The number of carbonyl (C=O) groups is 1. The number of nitrogens with one attached hydrogen (secondary N) is 1. The smallest absolute Gasteiger partial charge is 0.220 e. The first-order valence-corrected chi connectivity index (χ1v) is 20.4. The van der Waals surface area contributed by atoms with Gasteiger partial charge in [-0.15, -0.1) is 0 Å². The first-order valence-electron chi connectivity index (χ1n) is 20.4. The fourth-order valence-corrected chi connectivity index (χ4v) is 6.35. The molecule has 0 aliphatic rings. The number of rotatable bonds is 37. The van der Waals surface area contributed by atoms with Crippen LogP contribution in [0.15, 0.2) is 12.2 Å². The molecule has 2 atom stereocenters. The molecule has 0 aromatic heterocycles. The van der Waals surface area contributed by atoms with Crippen LogP contribution in [-0.4, -0.2) is 34.9 Å². The molecule has 0 radical (unpaired) electrons. The molecular formula is C41H81NO3. The lowest BCUT2D eigenvalue weighted by Crippen LogP contribution is -2.45. The highest BCUT2D eigenvalue weighted by atomic mass is 16.3. The van der Waals surface area contributed by atoms with E-state index in [-0.39, 0.29) is 12.5 Å². The Bertz CT molecular complexity index is 608. The zero-order valence-electron chi connectivity index (χ0n) is 30.7. The van der Waals surface area contributed by atoms with Crippen LogP contribution in [0.25, 0.3) is 0 Å². The maximum absolute atomic E-state index is 12.3. The summed E-state index contributed by atoms with van der Waals surface area (Å²) in [6, 6.07) is -0.615. The predicted molar refractivity (Wildman–Crippen MR) is 198 cm³/mol. The van der Waals surface area contributed by atoms with Gasteiger partial charge in [-0.25, -0.2) is 0 Å². The summed E-state index contributed by atoms with van der Waals surface area (Å²) in [5.41, 5.74) is 0. The second-order valence-electron chi connectivity index (χ2n) is 14.1. The molecule has 3 N–H and O–H groups in total. The SMILES string of the molecule is CCCCCCCCCCCCCC/C=C/C(O)C(CO)NC(=O)CCCCCCCCCCCCCCCCCCCCC. The molecule has 0 aliphatic carbocycles. The Labute approximate surface area is 282 Å². The number of aliphatic hydroxyl groups is 2. The van der Waals surface area contributed by atoms with E-state index in [4.69, 9.17) is 0 Å². The van der Waals surface area contributed by atoms with Gasteiger partial charge in [0.1, 0.15) is 0 Å². The van der Waals surface area contributed by atoms with Gasteiger partial charge in [-0.2, -0.15) is 0 Å². The number of allylic oxidation sites excluding steroid dienone is 1. The lowest BCUT2D eigenvalue weighted by molar-refractivity contribution is -0.123. The van der Waals surface area contributed by atoms with Crippen molar-refractivity contribution in [1.29, 1.82) is 0 Å². The van der Waals surface area contributed by atoms with E-state index >= 15 is 0 Å². The van der Waals surface area contributed by atoms with E-state index in [1.807, 2.05) is 6.08 Å². The number of unbranched alkanes of at least 4 members (excludes halogenated alkanes) is 30. The Hall–Kier alpha value is -0.870. The van der Waals surface area contributed by atoms with Crippen molar-refractivity contribution >= 4 is 5.91 Å². The number of hydrogen-bond acceptors (Lipinski definition) is 3. The Morgan fingerprint density at radius 3 is 1.16 bits per heavy atom. The minimum absolute atomic E-state index is 0.0607. The van der Waals surface area contributed by atoms with E-state index in [2.05, 4.69) is 19.2 Å². The normalized spacial score (nSPS) is 13.1. The first kappa shape index (κ1) is 44.1. The Morgan fingerprint density at radius 1 is 0.511 bits per heavy atom. The molecule has 0 saturated carbocycles. The van der Waals surface area contributed by atoms with Crippen LogP contribution in [0.5, 0.6) is 0 Å². The summed E-state index contributed by atoms with van der Waals surface area (Å²) in [4.78, 5) is 12.3. The molecule has 4 heteroatoms. The van der Waals surface area contributed by atoms with Crippen LogP contribution in [0.2, 0.25) is 0 Å². The molecule has 4 nitrogen and oxygen atoms in total. The third-order valence-corrected chi connectivity index (χ3v) is 9.52. The molecule has 0 bridgehead atoms. The van der Waals surface area contributed by atoms with Gasteiger partial charge < -0.3 is 15.5 Å². The van der Waals surface area contributed by atoms with E-state index in [0.29, 0.717) is 6.42 Å². The van der Waals surface area contributed by atoms with Crippen LogP contribution in [0.3, 0.4) is 0 Å². The van der Waals surface area contributed by atoms with Crippen molar-refractivity contribution in [3.63, 3.8) is 0 Å². The first-order chi connectivity index (χ1) is 22.2. The van der Waals surface area contributed by atoms with Gasteiger partial charge in [-0.1, -0.05) is 212 Å². The highest BCUT2D eigenvalue weighted by molar-refractivity contribution is 5.76. The molecule has 0 aromatic carbocycles. The molecule has 0 rings (SSSR count). The van der Waals surface area contributed by atoms with Crippen molar-refractivity contribution in [2.45, 2.75) is 238 Å². The summed E-state index contributed by atoms with van der Waals surface area (Å²) in [5, 5.41) is 22.9. The summed E-state index contributed by atoms with van der Waals surface area (Å²) in [6.07, 6.45) is 45.9. The molecule has 0 spiro atoms. The average molecular weight is 636 g/mol. The van der Waals surface area contributed by atoms with Crippen molar-refractivity contribution in [2.24, 2.45) is 0 Å². The molecule has 0 saturated heterocycles. The lowest BCUT2D eigenvalue weighted by Gasteiger charge is -2.20. The van der Waals surface area contributed by atoms with E-state index in [9.17, 15) is 15.0 Å². The maximum atomic E-state index is 12.3.